The van der Waals surface area contributed by atoms with Crippen LogP contribution < -0.4 is 10.6 Å². The van der Waals surface area contributed by atoms with Gasteiger partial charge in [-0.1, -0.05) is 11.6 Å². The monoisotopic (exact) mass is 378 g/mol. The highest BCUT2D eigenvalue weighted by Crippen LogP contribution is 2.21. The third kappa shape index (κ3) is 3.36. The van der Waals surface area contributed by atoms with Crippen molar-refractivity contribution in [2.45, 2.75) is 25.3 Å². The molecule has 2 rings (SSSR count). The van der Waals surface area contributed by atoms with Crippen molar-refractivity contribution in [1.29, 1.82) is 0 Å². The maximum Gasteiger partial charge on any atom is 0.251 e. The Morgan fingerprint density at radius 3 is 2.72 bits per heavy atom. The molecule has 0 atom stereocenters. The van der Waals surface area contributed by atoms with E-state index in [1.807, 2.05) is 12.1 Å². The van der Waals surface area contributed by atoms with Crippen LogP contribution in [0.2, 0.25) is 5.02 Å². The van der Waals surface area contributed by atoms with E-state index in [1.165, 1.54) is 0 Å². The van der Waals surface area contributed by atoms with Gasteiger partial charge in [0.05, 0.1) is 5.02 Å². The number of rotatable bonds is 2. The predicted molar refractivity (Wildman–Crippen MR) is 82.1 cm³/mol. The maximum atomic E-state index is 12.2. The standard InChI is InChI=1S/C13H16ClIN2O/c1-13(4-6-16-7-5-13)17-12(18)9-2-3-11(15)10(14)8-9/h2-3,8,16H,4-7H2,1H3,(H,17,18). The fourth-order valence-corrected chi connectivity index (χ4v) is 2.60. The molecule has 1 aliphatic rings. The molecule has 1 aromatic carbocycles. The number of nitrogens with one attached hydrogen (secondary N) is 2. The van der Waals surface area contributed by atoms with Crippen LogP contribution in [0.4, 0.5) is 0 Å². The molecule has 18 heavy (non-hydrogen) atoms. The SMILES string of the molecule is CC1(NC(=O)c2ccc(I)c(Cl)c2)CCNCC1. The summed E-state index contributed by atoms with van der Waals surface area (Å²) in [6, 6.07) is 5.40. The van der Waals surface area contributed by atoms with E-state index in [-0.39, 0.29) is 11.4 Å². The van der Waals surface area contributed by atoms with Crippen LogP contribution in [0.5, 0.6) is 0 Å². The van der Waals surface area contributed by atoms with Crippen LogP contribution in [-0.2, 0) is 0 Å². The minimum absolute atomic E-state index is 0.0438. The Morgan fingerprint density at radius 1 is 1.44 bits per heavy atom. The average molecular weight is 379 g/mol. The summed E-state index contributed by atoms with van der Waals surface area (Å²) in [6.45, 7) is 3.99. The molecule has 1 aliphatic heterocycles. The predicted octanol–water partition coefficient (Wildman–Crippen LogP) is 2.82. The minimum Gasteiger partial charge on any atom is -0.347 e. The lowest BCUT2D eigenvalue weighted by atomic mass is 9.90. The quantitative estimate of drug-likeness (QED) is 0.777. The number of benzene rings is 1. The molecule has 3 nitrogen and oxygen atoms in total. The summed E-state index contributed by atoms with van der Waals surface area (Å²) in [5.74, 6) is -0.0438. The first-order chi connectivity index (χ1) is 8.50. The van der Waals surface area contributed by atoms with Crippen molar-refractivity contribution in [2.75, 3.05) is 13.1 Å². The molecule has 1 amide bonds. The summed E-state index contributed by atoms with van der Waals surface area (Å²) in [4.78, 5) is 12.2. The molecule has 2 N–H and O–H groups in total. The fraction of sp³-hybridized carbons (Fsp3) is 0.462. The zero-order valence-corrected chi connectivity index (χ0v) is 13.1. The molecule has 5 heteroatoms. The van der Waals surface area contributed by atoms with Gasteiger partial charge in [0.25, 0.3) is 5.91 Å². The lowest BCUT2D eigenvalue weighted by molar-refractivity contribution is 0.0887. The Kier molecular flexibility index (Phi) is 4.50. The van der Waals surface area contributed by atoms with Crippen molar-refractivity contribution in [3.8, 4) is 0 Å². The number of hydrogen-bond donors (Lipinski definition) is 2. The Balaban J connectivity index is 2.09. The molecular weight excluding hydrogens is 363 g/mol. The van der Waals surface area contributed by atoms with Gasteiger partial charge in [-0.05, 0) is 73.6 Å². The Hall–Kier alpha value is -0.330. The summed E-state index contributed by atoms with van der Waals surface area (Å²) < 4.78 is 0.957. The number of carbonyl (C=O) groups is 1. The van der Waals surface area contributed by atoms with Gasteiger partial charge in [-0.3, -0.25) is 4.79 Å². The van der Waals surface area contributed by atoms with E-state index in [1.54, 1.807) is 6.07 Å². The molecular formula is C13H16ClIN2O. The molecule has 0 bridgehead atoms. The van der Waals surface area contributed by atoms with Gasteiger partial charge in [-0.2, -0.15) is 0 Å². The molecule has 0 spiro atoms. The van der Waals surface area contributed by atoms with Crippen molar-refractivity contribution in [2.24, 2.45) is 0 Å². The summed E-state index contributed by atoms with van der Waals surface area (Å²) in [6.07, 6.45) is 1.91. The van der Waals surface area contributed by atoms with Crippen molar-refractivity contribution in [3.05, 3.63) is 32.4 Å². The third-order valence-electron chi connectivity index (χ3n) is 3.30. The number of amides is 1. The van der Waals surface area contributed by atoms with E-state index >= 15 is 0 Å². The molecule has 0 aliphatic carbocycles. The second-order valence-corrected chi connectivity index (χ2v) is 6.46. The van der Waals surface area contributed by atoms with Crippen LogP contribution in [0.15, 0.2) is 18.2 Å². The lowest BCUT2D eigenvalue weighted by Gasteiger charge is -2.35. The average Bonchev–Trinajstić information content (AvgIpc) is 2.33. The van der Waals surface area contributed by atoms with Gasteiger partial charge in [0.1, 0.15) is 0 Å². The molecule has 98 valence electrons. The van der Waals surface area contributed by atoms with Crippen LogP contribution in [0.1, 0.15) is 30.1 Å². The largest absolute Gasteiger partial charge is 0.347 e. The zero-order valence-electron chi connectivity index (χ0n) is 10.2. The van der Waals surface area contributed by atoms with Gasteiger partial charge in [0.15, 0.2) is 0 Å². The Morgan fingerprint density at radius 2 is 2.11 bits per heavy atom. The molecule has 0 saturated carbocycles. The highest BCUT2D eigenvalue weighted by atomic mass is 127. The number of piperidine rings is 1. The first kappa shape index (κ1) is 14.1. The van der Waals surface area contributed by atoms with E-state index < -0.39 is 0 Å². The lowest BCUT2D eigenvalue weighted by Crippen LogP contribution is -2.52. The Labute approximate surface area is 126 Å². The van der Waals surface area contributed by atoms with Crippen molar-refractivity contribution >= 4 is 40.1 Å². The molecule has 0 unspecified atom stereocenters. The van der Waals surface area contributed by atoms with Crippen LogP contribution in [0, 0.1) is 3.57 Å². The maximum absolute atomic E-state index is 12.2. The van der Waals surface area contributed by atoms with Crippen LogP contribution in [-0.4, -0.2) is 24.5 Å². The van der Waals surface area contributed by atoms with E-state index in [2.05, 4.69) is 40.1 Å². The first-order valence-electron chi connectivity index (χ1n) is 5.98. The summed E-state index contributed by atoms with van der Waals surface area (Å²) in [5, 5.41) is 7.04. The molecule has 1 saturated heterocycles. The topological polar surface area (TPSA) is 41.1 Å². The zero-order chi connectivity index (χ0) is 13.2. The van der Waals surface area contributed by atoms with Crippen LogP contribution in [0.25, 0.3) is 0 Å². The third-order valence-corrected chi connectivity index (χ3v) is 4.88. The van der Waals surface area contributed by atoms with E-state index in [0.29, 0.717) is 10.6 Å². The molecule has 1 heterocycles. The first-order valence-corrected chi connectivity index (χ1v) is 7.44. The number of hydrogen-bond acceptors (Lipinski definition) is 2. The van der Waals surface area contributed by atoms with E-state index in [0.717, 1.165) is 29.5 Å². The normalized spacial score (nSPS) is 18.4. The van der Waals surface area contributed by atoms with Crippen molar-refractivity contribution in [1.82, 2.24) is 10.6 Å². The minimum atomic E-state index is -0.113. The van der Waals surface area contributed by atoms with Gasteiger partial charge in [0, 0.05) is 14.7 Å². The molecule has 0 radical (unpaired) electrons. The highest BCUT2D eigenvalue weighted by molar-refractivity contribution is 14.1. The van der Waals surface area contributed by atoms with Gasteiger partial charge in [0.2, 0.25) is 0 Å². The Bertz CT molecular complexity index is 458. The molecule has 1 fully saturated rings. The summed E-state index contributed by atoms with van der Waals surface area (Å²) in [5.41, 5.74) is 0.512. The van der Waals surface area contributed by atoms with E-state index in [9.17, 15) is 4.79 Å². The number of carbonyl (C=O) groups excluding carboxylic acids is 1. The molecule has 1 aromatic rings. The highest BCUT2D eigenvalue weighted by Gasteiger charge is 2.28. The van der Waals surface area contributed by atoms with E-state index in [4.69, 9.17) is 11.6 Å². The van der Waals surface area contributed by atoms with Crippen LogP contribution >= 0.6 is 34.2 Å². The number of halogens is 2. The van der Waals surface area contributed by atoms with Gasteiger partial charge >= 0.3 is 0 Å². The van der Waals surface area contributed by atoms with Gasteiger partial charge in [-0.15, -0.1) is 0 Å². The smallest absolute Gasteiger partial charge is 0.251 e. The molecule has 0 aromatic heterocycles. The van der Waals surface area contributed by atoms with Gasteiger partial charge in [-0.25, -0.2) is 0 Å². The van der Waals surface area contributed by atoms with Gasteiger partial charge < -0.3 is 10.6 Å². The van der Waals surface area contributed by atoms with Crippen LogP contribution in [0.3, 0.4) is 0 Å². The summed E-state index contributed by atoms with van der Waals surface area (Å²) >= 11 is 8.19. The second kappa shape index (κ2) is 5.75. The van der Waals surface area contributed by atoms with Crippen molar-refractivity contribution in [3.63, 3.8) is 0 Å². The summed E-state index contributed by atoms with van der Waals surface area (Å²) in [7, 11) is 0. The second-order valence-electron chi connectivity index (χ2n) is 4.89. The van der Waals surface area contributed by atoms with Crippen molar-refractivity contribution < 1.29 is 4.79 Å². The fourth-order valence-electron chi connectivity index (χ4n) is 2.09.